The summed E-state index contributed by atoms with van der Waals surface area (Å²) in [6.45, 7) is 1.64. The van der Waals surface area contributed by atoms with E-state index >= 15 is 0 Å². The summed E-state index contributed by atoms with van der Waals surface area (Å²) in [5.41, 5.74) is 5.28. The number of aliphatic hydroxyl groups excluding tert-OH is 2. The van der Waals surface area contributed by atoms with Gasteiger partial charge in [0.1, 0.15) is 0 Å². The topological polar surface area (TPSA) is 78.5 Å². The zero-order chi connectivity index (χ0) is 8.53. The molecule has 0 heterocycles. The average Bonchev–Trinajstić information content (AvgIpc) is 2.01. The molecule has 5 N–H and O–H groups in total. The highest BCUT2D eigenvalue weighted by atomic mass is 16.3. The molecule has 0 spiro atoms. The molecule has 0 aromatic rings. The van der Waals surface area contributed by atoms with Crippen molar-refractivity contribution in [2.45, 2.75) is 18.9 Å². The quantitative estimate of drug-likeness (QED) is 0.374. The first kappa shape index (κ1) is 10.8. The Bertz CT molecular complexity index is 74.8. The molecule has 0 rings (SSSR count). The first-order valence-corrected chi connectivity index (χ1v) is 4.00. The van der Waals surface area contributed by atoms with Gasteiger partial charge in [-0.05, 0) is 12.8 Å². The van der Waals surface area contributed by atoms with Crippen LogP contribution in [0, 0.1) is 0 Å². The predicted octanol–water partition coefficient (Wildman–Crippen LogP) is -1.33. The maximum absolute atomic E-state index is 8.61. The van der Waals surface area contributed by atoms with Crippen LogP contribution in [-0.2, 0) is 0 Å². The lowest BCUT2D eigenvalue weighted by Crippen LogP contribution is -2.34. The third kappa shape index (κ3) is 6.25. The van der Waals surface area contributed by atoms with Crippen LogP contribution in [-0.4, -0.2) is 42.6 Å². The smallest absolute Gasteiger partial charge is 0.0445 e. The number of nitrogens with two attached hydrogens (primary N) is 1. The van der Waals surface area contributed by atoms with Crippen LogP contribution < -0.4 is 11.1 Å². The Kier molecular flexibility index (Phi) is 7.83. The van der Waals surface area contributed by atoms with Gasteiger partial charge in [0.15, 0.2) is 0 Å². The van der Waals surface area contributed by atoms with Crippen LogP contribution >= 0.6 is 0 Å². The number of nitrogens with one attached hydrogen (secondary N) is 1. The standard InChI is InChI=1S/C7H18N2O2/c8-3-4-9-7(1-5-10)2-6-11/h7,9-11H,1-6,8H2. The molecule has 4 heteroatoms. The van der Waals surface area contributed by atoms with Gasteiger partial charge in [0.05, 0.1) is 0 Å². The molecule has 0 aliphatic rings. The third-order valence-corrected chi connectivity index (χ3v) is 1.53. The van der Waals surface area contributed by atoms with Crippen LogP contribution in [0.3, 0.4) is 0 Å². The Morgan fingerprint density at radius 2 is 1.73 bits per heavy atom. The summed E-state index contributed by atoms with van der Waals surface area (Å²) < 4.78 is 0. The molecule has 0 aromatic carbocycles. The molecular weight excluding hydrogens is 144 g/mol. The van der Waals surface area contributed by atoms with Crippen molar-refractivity contribution in [2.24, 2.45) is 5.73 Å². The molecule has 4 nitrogen and oxygen atoms in total. The summed E-state index contributed by atoms with van der Waals surface area (Å²) in [5, 5.41) is 20.3. The Morgan fingerprint density at radius 1 is 1.18 bits per heavy atom. The van der Waals surface area contributed by atoms with Crippen LogP contribution in [0.25, 0.3) is 0 Å². The maximum Gasteiger partial charge on any atom is 0.0445 e. The highest BCUT2D eigenvalue weighted by molar-refractivity contribution is 4.65. The maximum atomic E-state index is 8.61. The molecule has 0 saturated heterocycles. The number of rotatable bonds is 7. The lowest BCUT2D eigenvalue weighted by atomic mass is 10.1. The van der Waals surface area contributed by atoms with Gasteiger partial charge in [0.25, 0.3) is 0 Å². The van der Waals surface area contributed by atoms with E-state index in [9.17, 15) is 0 Å². The Labute approximate surface area is 67.4 Å². The van der Waals surface area contributed by atoms with Crippen molar-refractivity contribution in [2.75, 3.05) is 26.3 Å². The molecule has 0 aliphatic carbocycles. The number of hydrogen-bond acceptors (Lipinski definition) is 4. The molecule has 0 saturated carbocycles. The highest BCUT2D eigenvalue weighted by Gasteiger charge is 2.04. The average molecular weight is 162 g/mol. The van der Waals surface area contributed by atoms with Gasteiger partial charge in [0.2, 0.25) is 0 Å². The summed E-state index contributed by atoms with van der Waals surface area (Å²) in [5.74, 6) is 0. The molecule has 0 fully saturated rings. The summed E-state index contributed by atoms with van der Waals surface area (Å²) >= 11 is 0. The molecule has 0 radical (unpaired) electrons. The second kappa shape index (κ2) is 7.94. The van der Waals surface area contributed by atoms with Crippen molar-refractivity contribution in [1.82, 2.24) is 5.32 Å². The number of hydrogen-bond donors (Lipinski definition) is 4. The molecule has 0 aromatic heterocycles. The predicted molar refractivity (Wildman–Crippen MR) is 44.3 cm³/mol. The van der Waals surface area contributed by atoms with Gasteiger partial charge < -0.3 is 21.3 Å². The lowest BCUT2D eigenvalue weighted by molar-refractivity contribution is 0.228. The van der Waals surface area contributed by atoms with Crippen molar-refractivity contribution < 1.29 is 10.2 Å². The van der Waals surface area contributed by atoms with E-state index in [4.69, 9.17) is 15.9 Å². The molecule has 11 heavy (non-hydrogen) atoms. The molecule has 0 atom stereocenters. The summed E-state index contributed by atoms with van der Waals surface area (Å²) in [6.07, 6.45) is 1.36. The van der Waals surface area contributed by atoms with E-state index in [0.29, 0.717) is 19.4 Å². The Balaban J connectivity index is 3.34. The molecule has 0 bridgehead atoms. The van der Waals surface area contributed by atoms with E-state index in [1.807, 2.05) is 0 Å². The fraction of sp³-hybridized carbons (Fsp3) is 1.00. The first-order valence-electron chi connectivity index (χ1n) is 4.00. The first-order chi connectivity index (χ1) is 5.35. The number of aliphatic hydroxyl groups is 2. The second-order valence-electron chi connectivity index (χ2n) is 2.46. The fourth-order valence-electron chi connectivity index (χ4n) is 0.948. The van der Waals surface area contributed by atoms with E-state index in [0.717, 1.165) is 6.54 Å². The van der Waals surface area contributed by atoms with Crippen LogP contribution in [0.2, 0.25) is 0 Å². The summed E-state index contributed by atoms with van der Waals surface area (Å²) in [7, 11) is 0. The fourth-order valence-corrected chi connectivity index (χ4v) is 0.948. The normalized spacial score (nSPS) is 10.9. The minimum Gasteiger partial charge on any atom is -0.396 e. The Morgan fingerprint density at radius 3 is 2.09 bits per heavy atom. The van der Waals surface area contributed by atoms with Crippen molar-refractivity contribution in [1.29, 1.82) is 0 Å². The van der Waals surface area contributed by atoms with E-state index in [2.05, 4.69) is 5.32 Å². The van der Waals surface area contributed by atoms with Gasteiger partial charge in [-0.3, -0.25) is 0 Å². The van der Waals surface area contributed by atoms with E-state index in [-0.39, 0.29) is 19.3 Å². The van der Waals surface area contributed by atoms with Gasteiger partial charge in [0, 0.05) is 32.3 Å². The van der Waals surface area contributed by atoms with Crippen LogP contribution in [0.4, 0.5) is 0 Å². The van der Waals surface area contributed by atoms with Gasteiger partial charge in [-0.25, -0.2) is 0 Å². The van der Waals surface area contributed by atoms with E-state index in [1.54, 1.807) is 0 Å². The van der Waals surface area contributed by atoms with E-state index < -0.39 is 0 Å². The molecular formula is C7H18N2O2. The monoisotopic (exact) mass is 162 g/mol. The van der Waals surface area contributed by atoms with Crippen LogP contribution in [0.1, 0.15) is 12.8 Å². The van der Waals surface area contributed by atoms with Gasteiger partial charge in [-0.15, -0.1) is 0 Å². The minimum atomic E-state index is 0.155. The van der Waals surface area contributed by atoms with Crippen molar-refractivity contribution >= 4 is 0 Å². The van der Waals surface area contributed by atoms with Gasteiger partial charge in [-0.1, -0.05) is 0 Å². The lowest BCUT2D eigenvalue weighted by Gasteiger charge is -2.15. The molecule has 0 aliphatic heterocycles. The van der Waals surface area contributed by atoms with Gasteiger partial charge >= 0.3 is 0 Å². The molecule has 68 valence electrons. The van der Waals surface area contributed by atoms with Crippen LogP contribution in [0.15, 0.2) is 0 Å². The van der Waals surface area contributed by atoms with Crippen molar-refractivity contribution in [3.63, 3.8) is 0 Å². The molecule has 0 amide bonds. The van der Waals surface area contributed by atoms with Crippen molar-refractivity contribution in [3.8, 4) is 0 Å². The minimum absolute atomic E-state index is 0.155. The summed E-state index contributed by atoms with van der Waals surface area (Å²) in [6, 6.07) is 0.202. The van der Waals surface area contributed by atoms with E-state index in [1.165, 1.54) is 0 Å². The summed E-state index contributed by atoms with van der Waals surface area (Å²) in [4.78, 5) is 0. The zero-order valence-electron chi connectivity index (χ0n) is 6.79. The SMILES string of the molecule is NCCNC(CCO)CCO. The Hall–Kier alpha value is -0.160. The second-order valence-corrected chi connectivity index (χ2v) is 2.46. The van der Waals surface area contributed by atoms with Gasteiger partial charge in [-0.2, -0.15) is 0 Å². The largest absolute Gasteiger partial charge is 0.396 e. The zero-order valence-corrected chi connectivity index (χ0v) is 6.79. The van der Waals surface area contributed by atoms with Crippen LogP contribution in [0.5, 0.6) is 0 Å². The molecule has 0 unspecified atom stereocenters. The third-order valence-electron chi connectivity index (χ3n) is 1.53. The van der Waals surface area contributed by atoms with Crippen molar-refractivity contribution in [3.05, 3.63) is 0 Å². The highest BCUT2D eigenvalue weighted by Crippen LogP contribution is 1.95.